The van der Waals surface area contributed by atoms with Crippen molar-refractivity contribution in [3.8, 4) is 0 Å². The number of hydrogen-bond donors (Lipinski definition) is 2. The Labute approximate surface area is 87.6 Å². The van der Waals surface area contributed by atoms with Crippen molar-refractivity contribution in [2.75, 3.05) is 20.3 Å². The highest BCUT2D eigenvalue weighted by atomic mass is 19.4. The number of ether oxygens (including phenoxy) is 1. The van der Waals surface area contributed by atoms with E-state index in [1.165, 1.54) is 0 Å². The van der Waals surface area contributed by atoms with Gasteiger partial charge in [0.15, 0.2) is 6.10 Å². The number of alkyl halides is 3. The molecule has 0 rings (SSSR count). The van der Waals surface area contributed by atoms with Gasteiger partial charge in [-0.25, -0.2) is 0 Å². The second-order valence-corrected chi connectivity index (χ2v) is 3.77. The first-order chi connectivity index (χ1) is 6.75. The Morgan fingerprint density at radius 1 is 1.40 bits per heavy atom. The second-order valence-electron chi connectivity index (χ2n) is 3.77. The van der Waals surface area contributed by atoms with E-state index < -0.39 is 17.8 Å². The number of aliphatic hydroxyl groups is 1. The summed E-state index contributed by atoms with van der Waals surface area (Å²) in [7, 11) is 1.64. The SMILES string of the molecule is CNC(C)(CO)CCOC(C)C(F)(F)F. The second kappa shape index (κ2) is 5.67. The third kappa shape index (κ3) is 5.34. The molecule has 92 valence electrons. The van der Waals surface area contributed by atoms with Crippen molar-refractivity contribution in [3.05, 3.63) is 0 Å². The molecule has 0 aromatic carbocycles. The highest BCUT2D eigenvalue weighted by Gasteiger charge is 2.37. The highest BCUT2D eigenvalue weighted by Crippen LogP contribution is 2.22. The molecule has 6 heteroatoms. The molecule has 0 aliphatic carbocycles. The maximum absolute atomic E-state index is 12.0. The number of aliphatic hydroxyl groups excluding tert-OH is 1. The van der Waals surface area contributed by atoms with Crippen LogP contribution in [0.3, 0.4) is 0 Å². The Balaban J connectivity index is 3.89. The van der Waals surface area contributed by atoms with E-state index in [4.69, 9.17) is 5.11 Å². The summed E-state index contributed by atoms with van der Waals surface area (Å²) in [6.45, 7) is 2.50. The highest BCUT2D eigenvalue weighted by molar-refractivity contribution is 4.80. The summed E-state index contributed by atoms with van der Waals surface area (Å²) in [5, 5.41) is 11.8. The zero-order chi connectivity index (χ0) is 12.1. The van der Waals surface area contributed by atoms with Crippen molar-refractivity contribution >= 4 is 0 Å². The average molecular weight is 229 g/mol. The van der Waals surface area contributed by atoms with Gasteiger partial charge in [0.1, 0.15) is 0 Å². The molecular formula is C9H18F3NO2. The fraction of sp³-hybridized carbons (Fsp3) is 1.00. The van der Waals surface area contributed by atoms with Crippen LogP contribution in [-0.2, 0) is 4.74 Å². The van der Waals surface area contributed by atoms with E-state index in [0.29, 0.717) is 6.42 Å². The summed E-state index contributed by atoms with van der Waals surface area (Å²) in [6, 6.07) is 0. The van der Waals surface area contributed by atoms with Gasteiger partial charge < -0.3 is 15.2 Å². The molecule has 2 unspecified atom stereocenters. The molecule has 3 nitrogen and oxygen atoms in total. The predicted molar refractivity (Wildman–Crippen MR) is 50.6 cm³/mol. The van der Waals surface area contributed by atoms with E-state index in [0.717, 1.165) is 6.92 Å². The number of rotatable bonds is 6. The largest absolute Gasteiger partial charge is 0.414 e. The normalized spacial score (nSPS) is 18.6. The quantitative estimate of drug-likeness (QED) is 0.721. The van der Waals surface area contributed by atoms with Gasteiger partial charge in [0.25, 0.3) is 0 Å². The van der Waals surface area contributed by atoms with Crippen LogP contribution in [0.4, 0.5) is 13.2 Å². The molecule has 0 aromatic heterocycles. The lowest BCUT2D eigenvalue weighted by Crippen LogP contribution is -2.44. The molecular weight excluding hydrogens is 211 g/mol. The fourth-order valence-electron chi connectivity index (χ4n) is 0.839. The third-order valence-electron chi connectivity index (χ3n) is 2.44. The van der Waals surface area contributed by atoms with Crippen molar-refractivity contribution in [2.45, 2.75) is 38.1 Å². The van der Waals surface area contributed by atoms with Crippen LogP contribution >= 0.6 is 0 Å². The van der Waals surface area contributed by atoms with E-state index in [2.05, 4.69) is 10.1 Å². The average Bonchev–Trinajstić information content (AvgIpc) is 2.16. The van der Waals surface area contributed by atoms with Gasteiger partial charge in [-0.15, -0.1) is 0 Å². The minimum absolute atomic E-state index is 0.0431. The van der Waals surface area contributed by atoms with Crippen LogP contribution in [0.15, 0.2) is 0 Å². The molecule has 0 bridgehead atoms. The van der Waals surface area contributed by atoms with Gasteiger partial charge in [-0.05, 0) is 27.3 Å². The minimum atomic E-state index is -4.32. The Kier molecular flexibility index (Phi) is 5.55. The van der Waals surface area contributed by atoms with Crippen LogP contribution in [0.25, 0.3) is 0 Å². The Morgan fingerprint density at radius 2 is 1.93 bits per heavy atom. The van der Waals surface area contributed by atoms with Gasteiger partial charge in [0.2, 0.25) is 0 Å². The summed E-state index contributed by atoms with van der Waals surface area (Å²) in [6.07, 6.45) is -5.77. The topological polar surface area (TPSA) is 41.5 Å². The molecule has 15 heavy (non-hydrogen) atoms. The van der Waals surface area contributed by atoms with E-state index in [9.17, 15) is 13.2 Å². The van der Waals surface area contributed by atoms with E-state index in [1.54, 1.807) is 14.0 Å². The maximum atomic E-state index is 12.0. The van der Waals surface area contributed by atoms with Gasteiger partial charge in [-0.3, -0.25) is 0 Å². The summed E-state index contributed by atoms with van der Waals surface area (Å²) in [5.41, 5.74) is -0.592. The maximum Gasteiger partial charge on any atom is 0.414 e. The Hall–Kier alpha value is -0.330. The Bertz CT molecular complexity index is 181. The zero-order valence-corrected chi connectivity index (χ0v) is 9.19. The predicted octanol–water partition coefficient (Wildman–Crippen LogP) is 1.31. The van der Waals surface area contributed by atoms with Crippen LogP contribution in [0.5, 0.6) is 0 Å². The van der Waals surface area contributed by atoms with Gasteiger partial charge in [-0.2, -0.15) is 13.2 Å². The van der Waals surface area contributed by atoms with Gasteiger partial charge in [0.05, 0.1) is 6.61 Å². The van der Waals surface area contributed by atoms with Crippen molar-refractivity contribution in [1.29, 1.82) is 0 Å². The van der Waals surface area contributed by atoms with Crippen LogP contribution < -0.4 is 5.32 Å². The van der Waals surface area contributed by atoms with Crippen LogP contribution in [0.1, 0.15) is 20.3 Å². The molecule has 0 amide bonds. The van der Waals surface area contributed by atoms with Crippen molar-refractivity contribution in [3.63, 3.8) is 0 Å². The van der Waals surface area contributed by atoms with E-state index >= 15 is 0 Å². The monoisotopic (exact) mass is 229 g/mol. The molecule has 0 heterocycles. The lowest BCUT2D eigenvalue weighted by atomic mass is 10.0. The van der Waals surface area contributed by atoms with E-state index in [-0.39, 0.29) is 13.2 Å². The molecule has 0 aliphatic rings. The molecule has 0 saturated carbocycles. The van der Waals surface area contributed by atoms with Crippen LogP contribution in [0, 0.1) is 0 Å². The molecule has 0 saturated heterocycles. The lowest BCUT2D eigenvalue weighted by Gasteiger charge is -2.27. The first kappa shape index (κ1) is 14.7. The molecule has 2 atom stereocenters. The molecule has 0 aliphatic heterocycles. The Morgan fingerprint density at radius 3 is 2.27 bits per heavy atom. The summed E-state index contributed by atoms with van der Waals surface area (Å²) >= 11 is 0. The van der Waals surface area contributed by atoms with E-state index in [1.807, 2.05) is 0 Å². The minimum Gasteiger partial charge on any atom is -0.394 e. The summed E-state index contributed by atoms with van der Waals surface area (Å²) < 4.78 is 40.8. The first-order valence-electron chi connectivity index (χ1n) is 4.73. The van der Waals surface area contributed by atoms with Crippen molar-refractivity contribution in [1.82, 2.24) is 5.32 Å². The van der Waals surface area contributed by atoms with Crippen molar-refractivity contribution < 1.29 is 23.0 Å². The van der Waals surface area contributed by atoms with Gasteiger partial charge >= 0.3 is 6.18 Å². The molecule has 0 radical (unpaired) electrons. The molecule has 0 spiro atoms. The fourth-order valence-corrected chi connectivity index (χ4v) is 0.839. The number of hydrogen-bond acceptors (Lipinski definition) is 3. The third-order valence-corrected chi connectivity index (χ3v) is 2.44. The lowest BCUT2D eigenvalue weighted by molar-refractivity contribution is -0.215. The van der Waals surface area contributed by atoms with Gasteiger partial charge in [-0.1, -0.05) is 0 Å². The number of halogens is 3. The van der Waals surface area contributed by atoms with Gasteiger partial charge in [0, 0.05) is 12.1 Å². The van der Waals surface area contributed by atoms with Crippen molar-refractivity contribution in [2.24, 2.45) is 0 Å². The number of likely N-dealkylation sites (N-methyl/N-ethyl adjacent to an activating group) is 1. The first-order valence-corrected chi connectivity index (χ1v) is 4.73. The van der Waals surface area contributed by atoms with Crippen LogP contribution in [-0.4, -0.2) is 43.2 Å². The smallest absolute Gasteiger partial charge is 0.394 e. The molecule has 0 fully saturated rings. The number of nitrogens with one attached hydrogen (secondary N) is 1. The summed E-state index contributed by atoms with van der Waals surface area (Å²) in [4.78, 5) is 0. The standard InChI is InChI=1S/C9H18F3NO2/c1-7(9(10,11)12)15-5-4-8(2,6-14)13-3/h7,13-14H,4-6H2,1-3H3. The zero-order valence-electron chi connectivity index (χ0n) is 9.19. The van der Waals surface area contributed by atoms with Crippen LogP contribution in [0.2, 0.25) is 0 Å². The molecule has 2 N–H and O–H groups in total. The molecule has 0 aromatic rings. The summed E-state index contributed by atoms with van der Waals surface area (Å²) in [5.74, 6) is 0.